The zero-order valence-electron chi connectivity index (χ0n) is 12.0. The highest BCUT2D eigenvalue weighted by Crippen LogP contribution is 2.32. The molecular weight excluding hydrogens is 328 g/mol. The fourth-order valence-corrected chi connectivity index (χ4v) is 2.25. The largest absolute Gasteiger partial charge is 0.496 e. The van der Waals surface area contributed by atoms with Crippen molar-refractivity contribution in [3.05, 3.63) is 34.5 Å². The summed E-state index contributed by atoms with van der Waals surface area (Å²) in [4.78, 5) is 35.7. The Bertz CT molecular complexity index is 715. The molecule has 2 rings (SSSR count). The normalized spacial score (nSPS) is 14.0. The van der Waals surface area contributed by atoms with Gasteiger partial charge in [0.2, 0.25) is 0 Å². The van der Waals surface area contributed by atoms with E-state index in [0.29, 0.717) is 0 Å². The fourth-order valence-electron chi connectivity index (χ4n) is 2.04. The number of imide groups is 1. The van der Waals surface area contributed by atoms with Gasteiger partial charge in [0.05, 0.1) is 31.0 Å². The van der Waals surface area contributed by atoms with Crippen LogP contribution < -0.4 is 10.1 Å². The van der Waals surface area contributed by atoms with Crippen LogP contribution in [0.5, 0.6) is 5.75 Å². The number of nitrogens with one attached hydrogen (secondary N) is 1. The zero-order chi connectivity index (χ0) is 17.1. The number of hydrogen-bond donors (Lipinski definition) is 3. The second kappa shape index (κ2) is 6.67. The number of β-amino-alcohol motifs (C(OH)–C–C–N with tert-alkyl or cyclic N) is 1. The number of carbonyl (C=O) groups excluding carboxylic acids is 2. The van der Waals surface area contributed by atoms with E-state index in [1.807, 2.05) is 0 Å². The maximum atomic E-state index is 12.0. The predicted molar refractivity (Wildman–Crippen MR) is 80.5 cm³/mol. The van der Waals surface area contributed by atoms with Gasteiger partial charge >= 0.3 is 5.97 Å². The second-order valence-corrected chi connectivity index (χ2v) is 4.95. The summed E-state index contributed by atoms with van der Waals surface area (Å²) in [5.41, 5.74) is 0.0509. The van der Waals surface area contributed by atoms with E-state index in [0.717, 1.165) is 11.0 Å². The number of hydrogen-bond acceptors (Lipinski definition) is 6. The number of ether oxygens (including phenoxy) is 1. The van der Waals surface area contributed by atoms with Crippen LogP contribution in [0.25, 0.3) is 0 Å². The standard InChI is InChI=1S/C14H13ClN2O6/c1-23-11-5-9(8(15)4-7(11)14(21)22)16-10-6-12(19)17(2-3-18)13(10)20/h4-6,16,18H,2-3H2,1H3,(H,21,22). The van der Waals surface area contributed by atoms with E-state index < -0.39 is 17.8 Å². The monoisotopic (exact) mass is 340 g/mol. The van der Waals surface area contributed by atoms with Gasteiger partial charge in [-0.2, -0.15) is 0 Å². The molecule has 0 fully saturated rings. The van der Waals surface area contributed by atoms with E-state index in [-0.39, 0.29) is 40.9 Å². The Morgan fingerprint density at radius 3 is 2.65 bits per heavy atom. The van der Waals surface area contributed by atoms with Crippen molar-refractivity contribution in [2.45, 2.75) is 0 Å². The van der Waals surface area contributed by atoms with Crippen LogP contribution in [0.15, 0.2) is 23.9 Å². The molecule has 0 bridgehead atoms. The van der Waals surface area contributed by atoms with Gasteiger partial charge in [-0.1, -0.05) is 11.6 Å². The highest BCUT2D eigenvalue weighted by Gasteiger charge is 2.31. The number of carbonyl (C=O) groups is 3. The molecule has 122 valence electrons. The molecule has 0 spiro atoms. The number of rotatable bonds is 6. The van der Waals surface area contributed by atoms with Gasteiger partial charge in [0.1, 0.15) is 17.0 Å². The number of aliphatic hydroxyl groups is 1. The molecule has 1 aromatic rings. The number of nitrogens with zero attached hydrogens (tertiary/aromatic N) is 1. The summed E-state index contributed by atoms with van der Waals surface area (Å²) < 4.78 is 4.98. The maximum absolute atomic E-state index is 12.0. The van der Waals surface area contributed by atoms with E-state index >= 15 is 0 Å². The van der Waals surface area contributed by atoms with Crippen molar-refractivity contribution >= 4 is 35.1 Å². The second-order valence-electron chi connectivity index (χ2n) is 4.54. The van der Waals surface area contributed by atoms with Gasteiger partial charge < -0.3 is 20.3 Å². The highest BCUT2D eigenvalue weighted by atomic mass is 35.5. The first-order valence-electron chi connectivity index (χ1n) is 6.45. The molecule has 1 aromatic carbocycles. The van der Waals surface area contributed by atoms with E-state index in [4.69, 9.17) is 26.6 Å². The summed E-state index contributed by atoms with van der Waals surface area (Å²) in [6.45, 7) is -0.463. The average molecular weight is 341 g/mol. The molecule has 8 nitrogen and oxygen atoms in total. The van der Waals surface area contributed by atoms with Crippen LogP contribution in [0.3, 0.4) is 0 Å². The van der Waals surface area contributed by atoms with Crippen LogP contribution in [0.4, 0.5) is 5.69 Å². The molecule has 0 saturated heterocycles. The summed E-state index contributed by atoms with van der Waals surface area (Å²) in [6.07, 6.45) is 1.08. The third-order valence-electron chi connectivity index (χ3n) is 3.12. The predicted octanol–water partition coefficient (Wildman–Crippen LogP) is 0.704. The smallest absolute Gasteiger partial charge is 0.339 e. The molecular formula is C14H13ClN2O6. The molecule has 1 aliphatic heterocycles. The van der Waals surface area contributed by atoms with Crippen molar-refractivity contribution in [3.8, 4) is 5.75 Å². The van der Waals surface area contributed by atoms with Crippen molar-refractivity contribution in [3.63, 3.8) is 0 Å². The number of aliphatic hydroxyl groups excluding tert-OH is 1. The van der Waals surface area contributed by atoms with Crippen molar-refractivity contribution in [1.82, 2.24) is 4.90 Å². The lowest BCUT2D eigenvalue weighted by atomic mass is 10.1. The third-order valence-corrected chi connectivity index (χ3v) is 3.43. The molecule has 1 heterocycles. The maximum Gasteiger partial charge on any atom is 0.339 e. The first-order valence-corrected chi connectivity index (χ1v) is 6.83. The van der Waals surface area contributed by atoms with Gasteiger partial charge in [0.15, 0.2) is 0 Å². The van der Waals surface area contributed by atoms with Crippen LogP contribution in [-0.2, 0) is 9.59 Å². The number of halogens is 1. The lowest BCUT2D eigenvalue weighted by molar-refractivity contribution is -0.137. The molecule has 3 N–H and O–H groups in total. The molecule has 23 heavy (non-hydrogen) atoms. The topological polar surface area (TPSA) is 116 Å². The molecule has 0 unspecified atom stereocenters. The summed E-state index contributed by atoms with van der Waals surface area (Å²) in [5.74, 6) is -2.33. The highest BCUT2D eigenvalue weighted by molar-refractivity contribution is 6.34. The number of aromatic carboxylic acids is 1. The molecule has 0 saturated carbocycles. The number of anilines is 1. The summed E-state index contributed by atoms with van der Waals surface area (Å²) in [5, 5.41) is 20.6. The lowest BCUT2D eigenvalue weighted by Gasteiger charge is -2.15. The summed E-state index contributed by atoms with van der Waals surface area (Å²) in [7, 11) is 1.30. The quantitative estimate of drug-likeness (QED) is 0.653. The summed E-state index contributed by atoms with van der Waals surface area (Å²) in [6, 6.07) is 2.50. The van der Waals surface area contributed by atoms with E-state index in [1.54, 1.807) is 0 Å². The SMILES string of the molecule is COc1cc(NC2=CC(=O)N(CCO)C2=O)c(Cl)cc1C(=O)O. The minimum atomic E-state index is -1.21. The molecule has 0 aromatic heterocycles. The van der Waals surface area contributed by atoms with Crippen molar-refractivity contribution in [2.24, 2.45) is 0 Å². The number of carboxylic acids is 1. The molecule has 2 amide bonds. The minimum Gasteiger partial charge on any atom is -0.496 e. The molecule has 1 aliphatic rings. The number of methoxy groups -OCH3 is 1. The van der Waals surface area contributed by atoms with Gasteiger partial charge in [-0.15, -0.1) is 0 Å². The van der Waals surface area contributed by atoms with Crippen LogP contribution in [0.2, 0.25) is 5.02 Å². The minimum absolute atomic E-state index is 0.0320. The summed E-state index contributed by atoms with van der Waals surface area (Å²) >= 11 is 6.00. The van der Waals surface area contributed by atoms with Gasteiger partial charge in [-0.05, 0) is 6.07 Å². The van der Waals surface area contributed by atoms with Crippen LogP contribution in [0.1, 0.15) is 10.4 Å². The van der Waals surface area contributed by atoms with E-state index in [9.17, 15) is 14.4 Å². The first kappa shape index (κ1) is 16.8. The average Bonchev–Trinajstić information content (AvgIpc) is 2.76. The Balaban J connectivity index is 2.31. The van der Waals surface area contributed by atoms with Gasteiger partial charge in [-0.3, -0.25) is 14.5 Å². The lowest BCUT2D eigenvalue weighted by Crippen LogP contribution is -2.34. The molecule has 9 heteroatoms. The molecule has 0 aliphatic carbocycles. The van der Waals surface area contributed by atoms with Crippen LogP contribution >= 0.6 is 11.6 Å². The Morgan fingerprint density at radius 2 is 2.09 bits per heavy atom. The number of benzene rings is 1. The van der Waals surface area contributed by atoms with Crippen molar-refractivity contribution < 1.29 is 29.3 Å². The Hall–Kier alpha value is -2.58. The van der Waals surface area contributed by atoms with Crippen LogP contribution in [0, 0.1) is 0 Å². The van der Waals surface area contributed by atoms with Gasteiger partial charge in [-0.25, -0.2) is 4.79 Å². The van der Waals surface area contributed by atoms with Gasteiger partial charge in [0, 0.05) is 12.1 Å². The Labute approximate surface area is 135 Å². The van der Waals surface area contributed by atoms with Crippen LogP contribution in [-0.4, -0.2) is 53.2 Å². The van der Waals surface area contributed by atoms with Crippen molar-refractivity contribution in [2.75, 3.05) is 25.6 Å². The van der Waals surface area contributed by atoms with E-state index in [1.165, 1.54) is 19.2 Å². The number of carboxylic acid groups (broad SMARTS) is 1. The molecule has 0 radical (unpaired) electrons. The Kier molecular flexibility index (Phi) is 4.87. The number of amides is 2. The third kappa shape index (κ3) is 3.27. The molecule has 0 atom stereocenters. The first-order chi connectivity index (χ1) is 10.9. The van der Waals surface area contributed by atoms with Gasteiger partial charge in [0.25, 0.3) is 11.8 Å². The fraction of sp³-hybridized carbons (Fsp3) is 0.214. The zero-order valence-corrected chi connectivity index (χ0v) is 12.8. The van der Waals surface area contributed by atoms with E-state index in [2.05, 4.69) is 5.32 Å². The van der Waals surface area contributed by atoms with Crippen molar-refractivity contribution in [1.29, 1.82) is 0 Å². The Morgan fingerprint density at radius 1 is 1.39 bits per heavy atom.